The van der Waals surface area contributed by atoms with Crippen molar-refractivity contribution in [2.24, 2.45) is 5.73 Å². The Balaban J connectivity index is 0.00000225. The summed E-state index contributed by atoms with van der Waals surface area (Å²) in [5, 5.41) is 4.94. The van der Waals surface area contributed by atoms with Crippen molar-refractivity contribution in [3.63, 3.8) is 0 Å². The van der Waals surface area contributed by atoms with Crippen LogP contribution in [0.4, 0.5) is 5.82 Å². The van der Waals surface area contributed by atoms with Crippen molar-refractivity contribution in [2.45, 2.75) is 31.5 Å². The predicted octanol–water partition coefficient (Wildman–Crippen LogP) is 4.19. The molecule has 1 aliphatic carbocycles. The Morgan fingerprint density at radius 2 is 2.00 bits per heavy atom. The van der Waals surface area contributed by atoms with Crippen molar-refractivity contribution in [2.75, 3.05) is 12.4 Å². The van der Waals surface area contributed by atoms with Gasteiger partial charge in [-0.1, -0.05) is 23.7 Å². The Kier molecular flexibility index (Phi) is 6.44. The van der Waals surface area contributed by atoms with E-state index in [1.165, 1.54) is 6.33 Å². The van der Waals surface area contributed by atoms with Gasteiger partial charge in [0.1, 0.15) is 18.2 Å². The third kappa shape index (κ3) is 4.41. The first kappa shape index (κ1) is 20.5. The van der Waals surface area contributed by atoms with Crippen molar-refractivity contribution in [3.8, 4) is 11.5 Å². The molecule has 148 valence electrons. The van der Waals surface area contributed by atoms with Gasteiger partial charge < -0.3 is 20.5 Å². The average Bonchev–Trinajstić information content (AvgIpc) is 2.64. The minimum atomic E-state index is 0. The summed E-state index contributed by atoms with van der Waals surface area (Å²) in [6.45, 7) is 0.604. The maximum absolute atomic E-state index is 6.08. The summed E-state index contributed by atoms with van der Waals surface area (Å²) in [5.41, 5.74) is 7.72. The molecule has 6 nitrogen and oxygen atoms in total. The van der Waals surface area contributed by atoms with Crippen LogP contribution >= 0.6 is 24.0 Å². The van der Waals surface area contributed by atoms with Crippen LogP contribution in [-0.2, 0) is 6.54 Å². The molecule has 1 aliphatic rings. The maximum Gasteiger partial charge on any atom is 0.162 e. The van der Waals surface area contributed by atoms with E-state index in [1.807, 2.05) is 36.4 Å². The second-order valence-electron chi connectivity index (χ2n) is 6.70. The van der Waals surface area contributed by atoms with Crippen LogP contribution in [0.2, 0.25) is 5.02 Å². The number of ether oxygens (including phenoxy) is 2. The van der Waals surface area contributed by atoms with E-state index in [1.54, 1.807) is 7.11 Å². The molecule has 0 saturated heterocycles. The van der Waals surface area contributed by atoms with E-state index in [0.717, 1.165) is 35.1 Å². The van der Waals surface area contributed by atoms with Gasteiger partial charge in [-0.3, -0.25) is 0 Å². The number of benzene rings is 2. The van der Waals surface area contributed by atoms with Crippen molar-refractivity contribution >= 4 is 40.7 Å². The van der Waals surface area contributed by atoms with Crippen LogP contribution in [-0.4, -0.2) is 29.2 Å². The van der Waals surface area contributed by atoms with Gasteiger partial charge in [0.2, 0.25) is 0 Å². The number of nitrogens with one attached hydrogen (secondary N) is 1. The van der Waals surface area contributed by atoms with Gasteiger partial charge in [-0.2, -0.15) is 0 Å². The second-order valence-corrected chi connectivity index (χ2v) is 7.13. The van der Waals surface area contributed by atoms with Crippen molar-refractivity contribution in [3.05, 3.63) is 53.3 Å². The van der Waals surface area contributed by atoms with Gasteiger partial charge in [-0.25, -0.2) is 9.97 Å². The molecule has 1 fully saturated rings. The SMILES string of the molecule is COc1cc2ncnc(NCc3cccc(Cl)c3)c2cc1OC1CC(N)C1.Cl. The van der Waals surface area contributed by atoms with E-state index in [9.17, 15) is 0 Å². The Hall–Kier alpha value is -2.28. The molecule has 2 aromatic carbocycles. The number of halogens is 2. The third-order valence-corrected chi connectivity index (χ3v) is 4.93. The lowest BCUT2D eigenvalue weighted by molar-refractivity contribution is 0.0975. The Labute approximate surface area is 174 Å². The number of nitrogens with zero attached hydrogens (tertiary/aromatic N) is 2. The normalized spacial score (nSPS) is 18.1. The fourth-order valence-corrected chi connectivity index (χ4v) is 3.38. The Morgan fingerprint density at radius 3 is 2.71 bits per heavy atom. The molecular formula is C20H22Cl2N4O2. The number of nitrogens with two attached hydrogens (primary N) is 1. The summed E-state index contributed by atoms with van der Waals surface area (Å²) >= 11 is 6.06. The topological polar surface area (TPSA) is 82.3 Å². The minimum absolute atomic E-state index is 0. The van der Waals surface area contributed by atoms with Gasteiger partial charge in [0.15, 0.2) is 11.5 Å². The van der Waals surface area contributed by atoms with Crippen LogP contribution in [0.5, 0.6) is 11.5 Å². The van der Waals surface area contributed by atoms with Gasteiger partial charge >= 0.3 is 0 Å². The van der Waals surface area contributed by atoms with Crippen LogP contribution in [0.25, 0.3) is 10.9 Å². The fourth-order valence-electron chi connectivity index (χ4n) is 3.17. The van der Waals surface area contributed by atoms with Gasteiger partial charge in [0, 0.05) is 29.1 Å². The molecule has 3 aromatic rings. The lowest BCUT2D eigenvalue weighted by Gasteiger charge is -2.33. The smallest absolute Gasteiger partial charge is 0.162 e. The number of hydrogen-bond acceptors (Lipinski definition) is 6. The van der Waals surface area contributed by atoms with Crippen LogP contribution in [0.3, 0.4) is 0 Å². The fraction of sp³-hybridized carbons (Fsp3) is 0.300. The lowest BCUT2D eigenvalue weighted by atomic mass is 9.90. The summed E-state index contributed by atoms with van der Waals surface area (Å²) in [6.07, 6.45) is 3.37. The van der Waals surface area contributed by atoms with E-state index in [-0.39, 0.29) is 24.6 Å². The zero-order valence-electron chi connectivity index (χ0n) is 15.4. The number of methoxy groups -OCH3 is 1. The van der Waals surface area contributed by atoms with Crippen LogP contribution in [0, 0.1) is 0 Å². The molecule has 0 amide bonds. The highest BCUT2D eigenvalue weighted by atomic mass is 35.5. The van der Waals surface area contributed by atoms with Gasteiger partial charge in [0.05, 0.1) is 12.6 Å². The van der Waals surface area contributed by atoms with Crippen LogP contribution in [0.15, 0.2) is 42.7 Å². The first-order chi connectivity index (χ1) is 13.1. The van der Waals surface area contributed by atoms with Crippen molar-refractivity contribution in [1.82, 2.24) is 9.97 Å². The summed E-state index contributed by atoms with van der Waals surface area (Å²) in [4.78, 5) is 8.75. The van der Waals surface area contributed by atoms with E-state index >= 15 is 0 Å². The Bertz CT molecular complexity index is 964. The molecule has 0 spiro atoms. The molecule has 0 bridgehead atoms. The zero-order chi connectivity index (χ0) is 18.8. The zero-order valence-corrected chi connectivity index (χ0v) is 17.0. The number of anilines is 1. The second kappa shape index (κ2) is 8.82. The van der Waals surface area contributed by atoms with E-state index in [2.05, 4.69) is 15.3 Å². The summed E-state index contributed by atoms with van der Waals surface area (Å²) in [6, 6.07) is 11.7. The molecule has 0 radical (unpaired) electrons. The van der Waals surface area contributed by atoms with Crippen LogP contribution in [0.1, 0.15) is 18.4 Å². The lowest BCUT2D eigenvalue weighted by Crippen LogP contribution is -2.43. The highest BCUT2D eigenvalue weighted by molar-refractivity contribution is 6.30. The van der Waals surface area contributed by atoms with Gasteiger partial charge in [-0.15, -0.1) is 12.4 Å². The molecule has 0 unspecified atom stereocenters. The molecule has 0 atom stereocenters. The molecule has 1 heterocycles. The number of aromatic nitrogens is 2. The molecule has 1 saturated carbocycles. The maximum atomic E-state index is 6.08. The number of fused-ring (bicyclic) bond motifs is 1. The van der Waals surface area contributed by atoms with Gasteiger partial charge in [0.25, 0.3) is 0 Å². The number of hydrogen-bond donors (Lipinski definition) is 2. The molecule has 8 heteroatoms. The minimum Gasteiger partial charge on any atom is -0.493 e. The monoisotopic (exact) mass is 420 g/mol. The van der Waals surface area contributed by atoms with E-state index in [0.29, 0.717) is 23.1 Å². The van der Waals surface area contributed by atoms with Crippen molar-refractivity contribution in [1.29, 1.82) is 0 Å². The predicted molar refractivity (Wildman–Crippen MR) is 114 cm³/mol. The largest absolute Gasteiger partial charge is 0.493 e. The molecule has 1 aromatic heterocycles. The Morgan fingerprint density at radius 1 is 1.18 bits per heavy atom. The third-order valence-electron chi connectivity index (χ3n) is 4.69. The summed E-state index contributed by atoms with van der Waals surface area (Å²) < 4.78 is 11.6. The first-order valence-corrected chi connectivity index (χ1v) is 9.23. The highest BCUT2D eigenvalue weighted by Crippen LogP contribution is 2.36. The number of rotatable bonds is 6. The van der Waals surface area contributed by atoms with Gasteiger partial charge in [-0.05, 0) is 36.6 Å². The summed E-state index contributed by atoms with van der Waals surface area (Å²) in [7, 11) is 1.63. The molecular weight excluding hydrogens is 399 g/mol. The molecule has 28 heavy (non-hydrogen) atoms. The highest BCUT2D eigenvalue weighted by Gasteiger charge is 2.28. The molecule has 4 rings (SSSR count). The average molecular weight is 421 g/mol. The van der Waals surface area contributed by atoms with E-state index in [4.69, 9.17) is 26.8 Å². The van der Waals surface area contributed by atoms with Crippen LogP contribution < -0.4 is 20.5 Å². The summed E-state index contributed by atoms with van der Waals surface area (Å²) in [5.74, 6) is 2.07. The standard InChI is InChI=1S/C20H21ClN4O2.ClH/c1-26-18-9-17-16(8-19(18)27-15-6-14(22)7-15)20(25-11-24-17)23-10-12-3-2-4-13(21)5-12;/h2-5,8-9,11,14-15H,6-7,10,22H2,1H3,(H,23,24,25);1H. The van der Waals surface area contributed by atoms with E-state index < -0.39 is 0 Å². The molecule has 3 N–H and O–H groups in total. The van der Waals surface area contributed by atoms with Crippen molar-refractivity contribution < 1.29 is 9.47 Å². The quantitative estimate of drug-likeness (QED) is 0.621. The molecule has 0 aliphatic heterocycles. The first-order valence-electron chi connectivity index (χ1n) is 8.85.